The van der Waals surface area contributed by atoms with Gasteiger partial charge in [0.2, 0.25) is 11.4 Å². The fourth-order valence-corrected chi connectivity index (χ4v) is 4.78. The van der Waals surface area contributed by atoms with E-state index < -0.39 is 11.4 Å². The molecule has 44 heavy (non-hydrogen) atoms. The lowest BCUT2D eigenvalue weighted by molar-refractivity contribution is 0.0524. The molecule has 0 fully saturated rings. The lowest BCUT2D eigenvalue weighted by atomic mass is 10.0. The number of nitrogen functional groups attached to an aromatic ring is 2. The molecule has 0 aliphatic carbocycles. The van der Waals surface area contributed by atoms with E-state index in [2.05, 4.69) is 26.8 Å². The van der Waals surface area contributed by atoms with E-state index in [4.69, 9.17) is 25.7 Å². The van der Waals surface area contributed by atoms with Crippen LogP contribution in [0.15, 0.2) is 72.0 Å². The van der Waals surface area contributed by atoms with Crippen LogP contribution in [0.2, 0.25) is 0 Å². The topological polar surface area (TPSA) is 157 Å². The van der Waals surface area contributed by atoms with Crippen LogP contribution in [-0.2, 0) is 17.7 Å². The molecule has 0 amide bonds. The monoisotopic (exact) mass is 590 g/mol. The molecule has 3 heterocycles. The maximum absolute atomic E-state index is 13.3. The van der Waals surface area contributed by atoms with E-state index in [0.717, 1.165) is 11.1 Å². The number of benzene rings is 2. The number of ether oxygens (including phenoxy) is 3. The van der Waals surface area contributed by atoms with Crippen LogP contribution in [-0.4, -0.2) is 46.3 Å². The number of carbonyl (C=O) groups excluding carboxylic acids is 1. The fourth-order valence-electron chi connectivity index (χ4n) is 4.78. The third kappa shape index (κ3) is 6.29. The summed E-state index contributed by atoms with van der Waals surface area (Å²) in [7, 11) is 3.10. The SMILES string of the molecule is CCOC(=O)c1cn(Cc2ccncc2)c2cc(C#Cc3cc(Cc4cnc(N)nc4N)cc(OC)c3OC)ccc2c1=O. The highest BCUT2D eigenvalue weighted by Gasteiger charge is 2.17. The van der Waals surface area contributed by atoms with Crippen LogP contribution >= 0.6 is 0 Å². The molecule has 0 saturated carbocycles. The molecule has 0 aliphatic heterocycles. The van der Waals surface area contributed by atoms with Crippen molar-refractivity contribution in [1.82, 2.24) is 19.5 Å². The second-order valence-electron chi connectivity index (χ2n) is 9.75. The summed E-state index contributed by atoms with van der Waals surface area (Å²) in [5, 5.41) is 0.375. The molecule has 222 valence electrons. The molecular weight excluding hydrogens is 560 g/mol. The predicted octanol–water partition coefficient (Wildman–Crippen LogP) is 3.58. The first kappa shape index (κ1) is 29.6. The fraction of sp³-hybridized carbons (Fsp3) is 0.182. The lowest BCUT2D eigenvalue weighted by Gasteiger charge is -2.14. The highest BCUT2D eigenvalue weighted by atomic mass is 16.5. The third-order valence-electron chi connectivity index (χ3n) is 6.87. The average molecular weight is 591 g/mol. The van der Waals surface area contributed by atoms with E-state index in [1.165, 1.54) is 6.20 Å². The van der Waals surface area contributed by atoms with Crippen molar-refractivity contribution in [2.75, 3.05) is 32.3 Å². The van der Waals surface area contributed by atoms with Crippen LogP contribution in [0.5, 0.6) is 11.5 Å². The Hall–Kier alpha value is -5.89. The molecule has 3 aromatic heterocycles. The van der Waals surface area contributed by atoms with Gasteiger partial charge < -0.3 is 30.2 Å². The number of nitrogens with zero attached hydrogens (tertiary/aromatic N) is 4. The average Bonchev–Trinajstić information content (AvgIpc) is 3.03. The van der Waals surface area contributed by atoms with Crippen LogP contribution in [0.1, 0.15) is 45.1 Å². The number of fused-ring (bicyclic) bond motifs is 1. The number of aromatic nitrogens is 4. The van der Waals surface area contributed by atoms with Gasteiger partial charge in [0.05, 0.1) is 31.9 Å². The molecule has 0 spiro atoms. The quantitative estimate of drug-likeness (QED) is 0.202. The van der Waals surface area contributed by atoms with Crippen LogP contribution in [0.4, 0.5) is 11.8 Å². The summed E-state index contributed by atoms with van der Waals surface area (Å²) in [6, 6.07) is 12.7. The van der Waals surface area contributed by atoms with Gasteiger partial charge in [0.25, 0.3) is 0 Å². The first-order valence-electron chi connectivity index (χ1n) is 13.7. The lowest BCUT2D eigenvalue weighted by Crippen LogP contribution is -2.21. The van der Waals surface area contributed by atoms with Crippen molar-refractivity contribution < 1.29 is 19.0 Å². The molecular formula is C33H30N6O5. The molecule has 11 heteroatoms. The number of methoxy groups -OCH3 is 2. The van der Waals surface area contributed by atoms with Gasteiger partial charge in [-0.2, -0.15) is 4.98 Å². The number of hydrogen-bond donors (Lipinski definition) is 2. The van der Waals surface area contributed by atoms with Gasteiger partial charge in [0, 0.05) is 54.3 Å². The third-order valence-corrected chi connectivity index (χ3v) is 6.87. The minimum absolute atomic E-state index is 0.0342. The number of rotatable bonds is 8. The Morgan fingerprint density at radius 1 is 1.00 bits per heavy atom. The van der Waals surface area contributed by atoms with Crippen LogP contribution in [0.25, 0.3) is 10.9 Å². The molecule has 11 nitrogen and oxygen atoms in total. The number of pyridine rings is 2. The molecule has 5 rings (SSSR count). The van der Waals surface area contributed by atoms with Crippen LogP contribution in [0.3, 0.4) is 0 Å². The number of anilines is 2. The number of hydrogen-bond acceptors (Lipinski definition) is 10. The Bertz CT molecular complexity index is 1980. The Morgan fingerprint density at radius 3 is 2.50 bits per heavy atom. The molecule has 0 saturated heterocycles. The van der Waals surface area contributed by atoms with Crippen molar-refractivity contribution in [1.29, 1.82) is 0 Å². The predicted molar refractivity (Wildman–Crippen MR) is 167 cm³/mol. The van der Waals surface area contributed by atoms with E-state index in [-0.39, 0.29) is 18.1 Å². The van der Waals surface area contributed by atoms with Gasteiger partial charge in [0.15, 0.2) is 11.5 Å². The molecule has 0 unspecified atom stereocenters. The van der Waals surface area contributed by atoms with E-state index >= 15 is 0 Å². The standard InChI is InChI=1S/C33H30N6O5/c1-4-44-32(41)26-19-39(18-21-9-11-36-12-10-21)27-15-20(6-8-25(27)29(26)40)5-7-23-13-22(16-28(42-2)30(23)43-3)14-24-17-37-33(35)38-31(24)34/h6,8-13,15-17,19H,4,14,18H2,1-3H3,(H4,34,35,37,38). The molecule has 0 atom stereocenters. The van der Waals surface area contributed by atoms with Crippen molar-refractivity contribution in [2.45, 2.75) is 19.9 Å². The van der Waals surface area contributed by atoms with Crippen molar-refractivity contribution in [3.63, 3.8) is 0 Å². The molecule has 0 aliphatic rings. The van der Waals surface area contributed by atoms with Crippen molar-refractivity contribution in [3.05, 3.63) is 111 Å². The summed E-state index contributed by atoms with van der Waals surface area (Å²) >= 11 is 0. The molecule has 5 aromatic rings. The maximum atomic E-state index is 13.3. The van der Waals surface area contributed by atoms with Crippen molar-refractivity contribution in [3.8, 4) is 23.3 Å². The summed E-state index contributed by atoms with van der Waals surface area (Å²) in [5.74, 6) is 7.08. The number of nitrogens with two attached hydrogens (primary N) is 2. The summed E-state index contributed by atoms with van der Waals surface area (Å²) in [5.41, 5.74) is 15.6. The Balaban J connectivity index is 1.59. The zero-order chi connectivity index (χ0) is 31.2. The van der Waals surface area contributed by atoms with E-state index in [1.807, 2.05) is 34.9 Å². The second-order valence-corrected chi connectivity index (χ2v) is 9.75. The first-order valence-corrected chi connectivity index (χ1v) is 13.7. The Morgan fingerprint density at radius 2 is 1.80 bits per heavy atom. The highest BCUT2D eigenvalue weighted by molar-refractivity contribution is 5.94. The minimum Gasteiger partial charge on any atom is -0.493 e. The van der Waals surface area contributed by atoms with Crippen molar-refractivity contribution >= 4 is 28.6 Å². The zero-order valence-electron chi connectivity index (χ0n) is 24.5. The van der Waals surface area contributed by atoms with Gasteiger partial charge in [-0.1, -0.05) is 11.8 Å². The van der Waals surface area contributed by atoms with Gasteiger partial charge in [-0.15, -0.1) is 0 Å². The minimum atomic E-state index is -0.667. The number of carbonyl (C=O) groups is 1. The largest absolute Gasteiger partial charge is 0.493 e. The molecule has 0 bridgehead atoms. The second kappa shape index (κ2) is 13.0. The zero-order valence-corrected chi connectivity index (χ0v) is 24.5. The number of esters is 1. The van der Waals surface area contributed by atoms with Gasteiger partial charge in [-0.05, 0) is 60.5 Å². The highest BCUT2D eigenvalue weighted by Crippen LogP contribution is 2.33. The van der Waals surface area contributed by atoms with Gasteiger partial charge in [0.1, 0.15) is 11.4 Å². The smallest absolute Gasteiger partial charge is 0.343 e. The van der Waals surface area contributed by atoms with Gasteiger partial charge in [-0.3, -0.25) is 9.78 Å². The van der Waals surface area contributed by atoms with E-state index in [0.29, 0.717) is 57.9 Å². The summed E-state index contributed by atoms with van der Waals surface area (Å²) < 4.78 is 18.2. The molecule has 0 radical (unpaired) electrons. The molecule has 2 aromatic carbocycles. The van der Waals surface area contributed by atoms with E-state index in [9.17, 15) is 9.59 Å². The molecule has 4 N–H and O–H groups in total. The van der Waals surface area contributed by atoms with Gasteiger partial charge in [-0.25, -0.2) is 9.78 Å². The van der Waals surface area contributed by atoms with Crippen LogP contribution < -0.4 is 26.4 Å². The summed E-state index contributed by atoms with van der Waals surface area (Å²) in [6.45, 7) is 2.25. The van der Waals surface area contributed by atoms with Crippen molar-refractivity contribution in [2.24, 2.45) is 0 Å². The Kier molecular flexibility index (Phi) is 8.72. The first-order chi connectivity index (χ1) is 21.3. The summed E-state index contributed by atoms with van der Waals surface area (Å²) in [4.78, 5) is 38.1. The summed E-state index contributed by atoms with van der Waals surface area (Å²) in [6.07, 6.45) is 6.92. The normalized spacial score (nSPS) is 10.6. The van der Waals surface area contributed by atoms with Crippen LogP contribution in [0, 0.1) is 11.8 Å². The Labute approximate surface area is 253 Å². The maximum Gasteiger partial charge on any atom is 0.343 e. The van der Waals surface area contributed by atoms with Gasteiger partial charge >= 0.3 is 5.97 Å². The van der Waals surface area contributed by atoms with E-state index in [1.54, 1.807) is 51.9 Å².